The van der Waals surface area contributed by atoms with Crippen molar-refractivity contribution >= 4 is 50.9 Å². The van der Waals surface area contributed by atoms with Gasteiger partial charge in [-0.2, -0.15) is 0 Å². The summed E-state index contributed by atoms with van der Waals surface area (Å²) < 4.78 is 0. The Balaban J connectivity index is 2.72. The summed E-state index contributed by atoms with van der Waals surface area (Å²) in [6, 6.07) is 5.57. The largest absolute Gasteiger partial charge is 0.125 e. The van der Waals surface area contributed by atoms with Crippen LogP contribution in [-0.2, 0) is 0 Å². The molecule has 0 unspecified atom stereocenters. The minimum absolute atomic E-state index is 0.694. The van der Waals surface area contributed by atoms with E-state index in [0.29, 0.717) is 10.0 Å². The lowest BCUT2D eigenvalue weighted by Gasteiger charge is -2.00. The van der Waals surface area contributed by atoms with E-state index in [2.05, 4.69) is 15.9 Å². The standard InChI is InChI=1S/C8H7BrCl2S/c9-1-2-12-8-4-6(10)3-7(11)5-8/h3-5H,1-2H2. The van der Waals surface area contributed by atoms with E-state index in [9.17, 15) is 0 Å². The van der Waals surface area contributed by atoms with Gasteiger partial charge in [0.2, 0.25) is 0 Å². The molecule has 0 N–H and O–H groups in total. The fourth-order valence-electron chi connectivity index (χ4n) is 0.768. The van der Waals surface area contributed by atoms with Crippen LogP contribution in [0.1, 0.15) is 0 Å². The Bertz CT molecular complexity index is 245. The van der Waals surface area contributed by atoms with Crippen LogP contribution >= 0.6 is 50.9 Å². The van der Waals surface area contributed by atoms with Gasteiger partial charge in [-0.3, -0.25) is 0 Å². The zero-order valence-electron chi connectivity index (χ0n) is 6.19. The summed E-state index contributed by atoms with van der Waals surface area (Å²) in [5.74, 6) is 1.02. The Morgan fingerprint density at radius 1 is 1.17 bits per heavy atom. The van der Waals surface area contributed by atoms with Crippen molar-refractivity contribution in [2.75, 3.05) is 11.1 Å². The molecule has 0 aliphatic heterocycles. The fraction of sp³-hybridized carbons (Fsp3) is 0.250. The van der Waals surface area contributed by atoms with Gasteiger partial charge in [0.25, 0.3) is 0 Å². The Labute approximate surface area is 94.8 Å². The molecule has 0 fully saturated rings. The number of halogens is 3. The maximum absolute atomic E-state index is 5.82. The third-order valence-corrected chi connectivity index (χ3v) is 3.52. The summed E-state index contributed by atoms with van der Waals surface area (Å²) in [6.07, 6.45) is 0. The monoisotopic (exact) mass is 284 g/mol. The lowest BCUT2D eigenvalue weighted by atomic mass is 10.4. The summed E-state index contributed by atoms with van der Waals surface area (Å²) in [4.78, 5) is 1.12. The second-order valence-electron chi connectivity index (χ2n) is 2.14. The van der Waals surface area contributed by atoms with E-state index >= 15 is 0 Å². The van der Waals surface area contributed by atoms with Crippen LogP contribution in [0.25, 0.3) is 0 Å². The molecule has 0 nitrogen and oxygen atoms in total. The highest BCUT2D eigenvalue weighted by atomic mass is 79.9. The normalized spacial score (nSPS) is 10.2. The quantitative estimate of drug-likeness (QED) is 0.583. The van der Waals surface area contributed by atoms with Gasteiger partial charge in [-0.25, -0.2) is 0 Å². The van der Waals surface area contributed by atoms with E-state index in [1.165, 1.54) is 0 Å². The van der Waals surface area contributed by atoms with Crippen molar-refractivity contribution in [2.45, 2.75) is 4.90 Å². The van der Waals surface area contributed by atoms with Gasteiger partial charge in [0.1, 0.15) is 0 Å². The molecule has 12 heavy (non-hydrogen) atoms. The molecule has 1 aromatic rings. The second kappa shape index (κ2) is 5.38. The van der Waals surface area contributed by atoms with E-state index < -0.39 is 0 Å². The van der Waals surface area contributed by atoms with Gasteiger partial charge in [0, 0.05) is 26.0 Å². The number of rotatable bonds is 3. The number of alkyl halides is 1. The molecular formula is C8H7BrCl2S. The molecule has 0 heterocycles. The van der Waals surface area contributed by atoms with E-state index in [1.54, 1.807) is 17.8 Å². The molecular weight excluding hydrogens is 279 g/mol. The molecule has 0 aromatic heterocycles. The smallest absolute Gasteiger partial charge is 0.0431 e. The zero-order valence-corrected chi connectivity index (χ0v) is 10.1. The molecule has 0 saturated carbocycles. The molecule has 1 aromatic carbocycles. The number of thioether (sulfide) groups is 1. The predicted molar refractivity (Wildman–Crippen MR) is 61.0 cm³/mol. The first-order valence-electron chi connectivity index (χ1n) is 3.37. The molecule has 0 aliphatic rings. The van der Waals surface area contributed by atoms with E-state index in [4.69, 9.17) is 23.2 Å². The van der Waals surface area contributed by atoms with Crippen LogP contribution in [-0.4, -0.2) is 11.1 Å². The molecule has 0 spiro atoms. The van der Waals surface area contributed by atoms with Crippen LogP contribution in [0.15, 0.2) is 23.1 Å². The molecule has 1 rings (SSSR count). The van der Waals surface area contributed by atoms with Gasteiger partial charge in [0.05, 0.1) is 0 Å². The first kappa shape index (κ1) is 10.7. The minimum atomic E-state index is 0.694. The third kappa shape index (κ3) is 3.56. The molecule has 0 saturated heterocycles. The van der Waals surface area contributed by atoms with Gasteiger partial charge >= 0.3 is 0 Å². The Hall–Kier alpha value is 0.630. The lowest BCUT2D eigenvalue weighted by Crippen LogP contribution is -1.79. The molecule has 4 heteroatoms. The number of hydrogen-bond acceptors (Lipinski definition) is 1. The molecule has 0 bridgehead atoms. The Kier molecular flexibility index (Phi) is 4.80. The second-order valence-corrected chi connectivity index (χ2v) is 4.98. The topological polar surface area (TPSA) is 0 Å². The van der Waals surface area contributed by atoms with Crippen LogP contribution in [0.5, 0.6) is 0 Å². The van der Waals surface area contributed by atoms with Gasteiger partial charge in [0.15, 0.2) is 0 Å². The van der Waals surface area contributed by atoms with Crippen molar-refractivity contribution in [3.05, 3.63) is 28.2 Å². The van der Waals surface area contributed by atoms with Crippen molar-refractivity contribution < 1.29 is 0 Å². The summed E-state index contributed by atoms with van der Waals surface area (Å²) in [7, 11) is 0. The van der Waals surface area contributed by atoms with Crippen molar-refractivity contribution in [3.8, 4) is 0 Å². The summed E-state index contributed by atoms with van der Waals surface area (Å²) >= 11 is 16.7. The first-order chi connectivity index (χ1) is 5.72. The third-order valence-electron chi connectivity index (χ3n) is 1.18. The maximum Gasteiger partial charge on any atom is 0.0431 e. The van der Waals surface area contributed by atoms with Crippen molar-refractivity contribution in [3.63, 3.8) is 0 Å². The van der Waals surface area contributed by atoms with Crippen LogP contribution in [0.2, 0.25) is 10.0 Å². The Morgan fingerprint density at radius 3 is 2.25 bits per heavy atom. The molecule has 0 aliphatic carbocycles. The molecule has 0 radical (unpaired) electrons. The lowest BCUT2D eigenvalue weighted by molar-refractivity contribution is 1.44. The predicted octanol–water partition coefficient (Wildman–Crippen LogP) is 4.48. The first-order valence-corrected chi connectivity index (χ1v) is 6.23. The number of benzene rings is 1. The molecule has 0 atom stereocenters. The summed E-state index contributed by atoms with van der Waals surface area (Å²) in [5.41, 5.74) is 0. The Morgan fingerprint density at radius 2 is 1.75 bits per heavy atom. The maximum atomic E-state index is 5.82. The van der Waals surface area contributed by atoms with Crippen molar-refractivity contribution in [2.24, 2.45) is 0 Å². The highest BCUT2D eigenvalue weighted by Gasteiger charge is 1.97. The van der Waals surface area contributed by atoms with Crippen molar-refractivity contribution in [1.29, 1.82) is 0 Å². The van der Waals surface area contributed by atoms with Crippen LogP contribution in [0, 0.1) is 0 Å². The average molecular weight is 286 g/mol. The van der Waals surface area contributed by atoms with E-state index in [-0.39, 0.29) is 0 Å². The minimum Gasteiger partial charge on any atom is -0.125 e. The van der Waals surface area contributed by atoms with Crippen LogP contribution in [0.4, 0.5) is 0 Å². The van der Waals surface area contributed by atoms with E-state index in [0.717, 1.165) is 16.0 Å². The summed E-state index contributed by atoms with van der Waals surface area (Å²) in [6.45, 7) is 0. The SMILES string of the molecule is Clc1cc(Cl)cc(SCCBr)c1. The zero-order chi connectivity index (χ0) is 8.97. The highest BCUT2D eigenvalue weighted by molar-refractivity contribution is 9.09. The fourth-order valence-corrected chi connectivity index (χ4v) is 2.64. The van der Waals surface area contributed by atoms with Crippen molar-refractivity contribution in [1.82, 2.24) is 0 Å². The average Bonchev–Trinajstić information content (AvgIpc) is 1.99. The highest BCUT2D eigenvalue weighted by Crippen LogP contribution is 2.26. The van der Waals surface area contributed by atoms with Gasteiger partial charge in [-0.15, -0.1) is 11.8 Å². The number of hydrogen-bond donors (Lipinski definition) is 0. The van der Waals surface area contributed by atoms with Gasteiger partial charge < -0.3 is 0 Å². The van der Waals surface area contributed by atoms with Gasteiger partial charge in [-0.05, 0) is 18.2 Å². The molecule has 0 amide bonds. The van der Waals surface area contributed by atoms with Gasteiger partial charge in [-0.1, -0.05) is 39.1 Å². The molecule has 66 valence electrons. The van der Waals surface area contributed by atoms with E-state index in [1.807, 2.05) is 12.1 Å². The van der Waals surface area contributed by atoms with Crippen LogP contribution in [0.3, 0.4) is 0 Å². The summed E-state index contributed by atoms with van der Waals surface area (Å²) in [5, 5.41) is 2.36. The van der Waals surface area contributed by atoms with Crippen LogP contribution < -0.4 is 0 Å².